The fraction of sp³-hybridized carbons (Fsp3) is 0.424. The monoisotopic (exact) mass is 962 g/mol. The van der Waals surface area contributed by atoms with Crippen LogP contribution >= 0.6 is 34.8 Å². The number of imidazole rings is 1. The van der Waals surface area contributed by atoms with E-state index >= 15 is 0 Å². The Balaban J connectivity index is 1.03. The maximum atomic E-state index is 12.9. The van der Waals surface area contributed by atoms with E-state index < -0.39 is 66.3 Å². The van der Waals surface area contributed by atoms with E-state index in [2.05, 4.69) is 41.4 Å². The number of nitrogen functional groups attached to an aromatic ring is 1. The highest BCUT2D eigenvalue weighted by atomic mass is 32.1. The van der Waals surface area contributed by atoms with E-state index in [4.69, 9.17) is 34.5 Å². The number of phosphoric ester groups is 1. The average molecular weight is 963 g/mol. The molecule has 2 aromatic heterocycles. The smallest absolute Gasteiger partial charge is 0.440 e. The van der Waals surface area contributed by atoms with Gasteiger partial charge in [-0.25, -0.2) is 32.6 Å². The number of carbonyl (C=O) groups is 2. The molecular formula is C33H45N10O16P3S+2. The number of anilines is 2. The minimum atomic E-state index is -5.89. The van der Waals surface area contributed by atoms with Crippen molar-refractivity contribution in [1.29, 1.82) is 0 Å². The van der Waals surface area contributed by atoms with E-state index in [1.54, 1.807) is 11.3 Å². The summed E-state index contributed by atoms with van der Waals surface area (Å²) in [5, 5.41) is 17.5. The summed E-state index contributed by atoms with van der Waals surface area (Å²) in [6.45, 7) is -0.727. The van der Waals surface area contributed by atoms with Crippen LogP contribution in [0.1, 0.15) is 19.1 Å². The van der Waals surface area contributed by atoms with Gasteiger partial charge in [0.1, 0.15) is 20.2 Å². The third kappa shape index (κ3) is 12.1. The Morgan fingerprint density at radius 2 is 1.79 bits per heavy atom. The molecule has 63 heavy (non-hydrogen) atoms. The topological polar surface area (TPSA) is 356 Å². The van der Waals surface area contributed by atoms with Gasteiger partial charge in [0.2, 0.25) is 23.0 Å². The molecule has 1 fully saturated rings. The SMILES string of the molecule is CN(CCCC(=O)NCCNC(=O)O[C@H]1[C@@H](O)[C@H]([n+]2cn(C)c3c(=O)[nH]c(N)nc32)O[C@@H]1COP(=O)(O)OP(=O)(O)OP(=O)(O)O)c1ccc2nc3ccc(=[N+](C)C)cc-3sc2c1. The molecule has 2 aliphatic heterocycles. The van der Waals surface area contributed by atoms with E-state index in [0.29, 0.717) is 13.0 Å². The van der Waals surface area contributed by atoms with Crippen LogP contribution in [0.4, 0.5) is 16.4 Å². The van der Waals surface area contributed by atoms with Crippen molar-refractivity contribution in [1.82, 2.24) is 34.7 Å². The number of carbonyl (C=O) groups excluding carboxylic acids is 2. The zero-order valence-electron chi connectivity index (χ0n) is 33.8. The van der Waals surface area contributed by atoms with Crippen LogP contribution in [0, 0.1) is 0 Å². The summed E-state index contributed by atoms with van der Waals surface area (Å²) in [7, 11) is -9.91. The number of alkyl carbamates (subject to hydrolysis) is 1. The Morgan fingerprint density at radius 1 is 1.06 bits per heavy atom. The summed E-state index contributed by atoms with van der Waals surface area (Å²) < 4.78 is 64.2. The van der Waals surface area contributed by atoms with Gasteiger partial charge in [0.25, 0.3) is 11.5 Å². The van der Waals surface area contributed by atoms with E-state index in [-0.39, 0.29) is 42.5 Å². The lowest BCUT2D eigenvalue weighted by atomic mass is 10.1. The number of aliphatic hydroxyl groups excluding tert-OH is 1. The molecule has 1 aliphatic carbocycles. The first-order valence-electron chi connectivity index (χ1n) is 18.6. The predicted octanol–water partition coefficient (Wildman–Crippen LogP) is -0.393. The highest BCUT2D eigenvalue weighted by molar-refractivity contribution is 7.66. The molecule has 6 atom stereocenters. The van der Waals surface area contributed by atoms with Crippen LogP contribution in [0.3, 0.4) is 0 Å². The Morgan fingerprint density at radius 3 is 2.51 bits per heavy atom. The number of amides is 2. The third-order valence-electron chi connectivity index (χ3n) is 9.35. The number of hydrogen-bond acceptors (Lipinski definition) is 17. The minimum absolute atomic E-state index is 0.0167. The summed E-state index contributed by atoms with van der Waals surface area (Å²) in [5.41, 5.74) is 7.70. The number of hydrogen-bond donors (Lipinski definition) is 9. The quantitative estimate of drug-likeness (QED) is 0.0248. The molecule has 1 aromatic carbocycles. The lowest BCUT2D eigenvalue weighted by Crippen LogP contribution is -2.47. The van der Waals surface area contributed by atoms with E-state index in [0.717, 1.165) is 36.4 Å². The van der Waals surface area contributed by atoms with Crippen molar-refractivity contribution in [2.75, 3.05) is 58.0 Å². The van der Waals surface area contributed by atoms with Crippen molar-refractivity contribution >= 4 is 79.8 Å². The lowest BCUT2D eigenvalue weighted by molar-refractivity contribution is -0.745. The number of nitrogens with one attached hydrogen (secondary N) is 3. The summed E-state index contributed by atoms with van der Waals surface area (Å²) in [6.07, 6.45) is -5.93. The summed E-state index contributed by atoms with van der Waals surface area (Å²) >= 11 is 1.65. The van der Waals surface area contributed by atoms with Crippen LogP contribution in [0.15, 0.2) is 47.5 Å². The normalized spacial score (nSPS) is 19.8. The largest absolute Gasteiger partial charge is 0.490 e. The third-order valence-corrected chi connectivity index (χ3v) is 14.2. The molecule has 0 saturated carbocycles. The van der Waals surface area contributed by atoms with Gasteiger partial charge in [-0.3, -0.25) is 23.7 Å². The van der Waals surface area contributed by atoms with Crippen LogP contribution in [0.2, 0.25) is 0 Å². The number of nitrogens with zero attached hydrogens (tertiary/aromatic N) is 6. The van der Waals surface area contributed by atoms with Crippen molar-refractivity contribution in [2.45, 2.75) is 37.4 Å². The number of rotatable bonds is 17. The molecule has 4 heterocycles. The summed E-state index contributed by atoms with van der Waals surface area (Å²) in [5.74, 6) is -0.594. The zero-order valence-corrected chi connectivity index (χ0v) is 37.3. The van der Waals surface area contributed by atoms with Gasteiger partial charge in [-0.2, -0.15) is 8.62 Å². The first-order chi connectivity index (χ1) is 29.5. The number of ether oxygens (including phenoxy) is 2. The number of aliphatic hydroxyl groups is 1. The van der Waals surface area contributed by atoms with Crippen LogP contribution in [0.25, 0.3) is 32.0 Å². The molecule has 1 saturated heterocycles. The number of H-pyrrole nitrogens is 1. The van der Waals surface area contributed by atoms with Gasteiger partial charge in [0, 0.05) is 50.9 Å². The van der Waals surface area contributed by atoms with Crippen LogP contribution in [0.5, 0.6) is 0 Å². The van der Waals surface area contributed by atoms with Crippen molar-refractivity contribution in [2.24, 2.45) is 7.05 Å². The number of phosphoric acid groups is 3. The second-order valence-corrected chi connectivity index (χ2v) is 19.8. The second kappa shape index (κ2) is 19.2. The molecule has 30 heteroatoms. The average Bonchev–Trinajstić information content (AvgIpc) is 3.67. The number of benzene rings is 2. The first-order valence-corrected chi connectivity index (χ1v) is 24.0. The molecule has 26 nitrogen and oxygen atoms in total. The maximum Gasteiger partial charge on any atom is 0.490 e. The molecule has 342 valence electrons. The molecule has 6 rings (SSSR count). The van der Waals surface area contributed by atoms with Gasteiger partial charge in [-0.1, -0.05) is 4.98 Å². The molecule has 2 amide bonds. The number of aryl methyl sites for hydroxylation is 1. The lowest BCUT2D eigenvalue weighted by Gasteiger charge is -2.22. The van der Waals surface area contributed by atoms with Gasteiger partial charge in [-0.15, -0.1) is 11.3 Å². The van der Waals surface area contributed by atoms with Gasteiger partial charge in [0.05, 0.1) is 34.4 Å². The zero-order chi connectivity index (χ0) is 46.0. The van der Waals surface area contributed by atoms with Gasteiger partial charge >= 0.3 is 35.2 Å². The molecule has 0 radical (unpaired) electrons. The first kappa shape index (κ1) is 47.8. The van der Waals surface area contributed by atoms with Gasteiger partial charge in [0.15, 0.2) is 18.5 Å². The highest BCUT2D eigenvalue weighted by Crippen LogP contribution is 2.66. The fourth-order valence-corrected chi connectivity index (χ4v) is 10.6. The highest BCUT2D eigenvalue weighted by Gasteiger charge is 2.51. The number of fused-ring (bicyclic) bond motifs is 3. The van der Waals surface area contributed by atoms with E-state index in [1.165, 1.54) is 17.9 Å². The molecule has 10 N–H and O–H groups in total. The van der Waals surface area contributed by atoms with Gasteiger partial charge < -0.3 is 55.4 Å². The molecule has 3 aliphatic rings. The second-order valence-electron chi connectivity index (χ2n) is 14.3. The number of aromatic amines is 1. The predicted molar refractivity (Wildman–Crippen MR) is 223 cm³/mol. The Kier molecular flexibility index (Phi) is 14.5. The van der Waals surface area contributed by atoms with Crippen LogP contribution in [-0.4, -0.2) is 122 Å². The number of aromatic nitrogens is 5. The number of nitrogens with two attached hydrogens (primary N) is 1. The minimum Gasteiger partial charge on any atom is -0.440 e. The molecule has 0 spiro atoms. The van der Waals surface area contributed by atoms with E-state index in [9.17, 15) is 43.0 Å². The van der Waals surface area contributed by atoms with Gasteiger partial charge in [-0.05, 0) is 30.7 Å². The van der Waals surface area contributed by atoms with Crippen molar-refractivity contribution in [3.8, 4) is 10.6 Å². The Bertz CT molecular complexity index is 2780. The summed E-state index contributed by atoms with van der Waals surface area (Å²) in [4.78, 5) is 89.6. The summed E-state index contributed by atoms with van der Waals surface area (Å²) in [6, 6.07) is 12.1. The molecule has 2 unspecified atom stereocenters. The van der Waals surface area contributed by atoms with E-state index in [1.807, 2.05) is 54.9 Å². The maximum absolute atomic E-state index is 12.9. The van der Waals surface area contributed by atoms with Crippen molar-refractivity contribution in [3.05, 3.63) is 58.4 Å². The fourth-order valence-electron chi connectivity index (χ4n) is 6.50. The standard InChI is InChI=1S/C33H43N10O16P3S/c1-40(2)18-7-9-20-23(14-18)63-24-15-19(8-10-21(24)37-20)41(3)13-5-6-25(44)35-11-12-36-33(47)57-28-22(16-55-61(51,52)59-62(53,54)58-60(48,49)50)56-31(27(28)45)43-17-42(4)26-29(43)38-32(34)39-30(26)46/h7-10,14-15,17,22,27-28,31,45H,5-6,11-13,16H2,1-4H3,(H7-2,34,35,36,38,39,44,46,47,48,49,50,51,52,53,54)/p+2/t22-,27-,28-,31-/m1/s1. The van der Waals surface area contributed by atoms with Crippen molar-refractivity contribution in [3.63, 3.8) is 0 Å². The Labute approximate surface area is 360 Å². The molecular weight excluding hydrogens is 917 g/mol. The Hall–Kier alpha value is -4.72. The van der Waals surface area contributed by atoms with Crippen LogP contribution in [-0.2, 0) is 48.2 Å². The molecule has 0 bridgehead atoms. The van der Waals surface area contributed by atoms with Crippen LogP contribution < -0.4 is 41.3 Å². The molecule has 3 aromatic rings. The van der Waals surface area contributed by atoms with Crippen molar-refractivity contribution < 1.29 is 75.2 Å².